The van der Waals surface area contributed by atoms with E-state index in [2.05, 4.69) is 10.2 Å². The maximum absolute atomic E-state index is 12.9. The fourth-order valence-corrected chi connectivity index (χ4v) is 2.20. The molecule has 2 rings (SSSR count). The molecular formula is C13H18F2N2O2. The number of phenolic OH excluding ortho intramolecular Hbond substituents is 1. The molecule has 1 fully saturated rings. The maximum Gasteiger partial charge on any atom is 0.267 e. The van der Waals surface area contributed by atoms with Gasteiger partial charge in [0.25, 0.3) is 6.43 Å². The molecule has 1 aliphatic heterocycles. The molecule has 0 amide bonds. The van der Waals surface area contributed by atoms with Crippen LogP contribution in [0.5, 0.6) is 11.5 Å². The number of benzene rings is 1. The highest BCUT2D eigenvalue weighted by Crippen LogP contribution is 2.35. The maximum atomic E-state index is 12.9. The molecule has 0 atom stereocenters. The Morgan fingerprint density at radius 3 is 2.63 bits per heavy atom. The van der Waals surface area contributed by atoms with Crippen LogP contribution >= 0.6 is 0 Å². The number of hydrogen-bond acceptors (Lipinski definition) is 4. The number of hydrogen-bond donors (Lipinski definition) is 2. The molecular weight excluding hydrogens is 254 g/mol. The molecule has 1 aliphatic rings. The number of halogens is 2. The van der Waals surface area contributed by atoms with E-state index in [1.54, 1.807) is 6.07 Å². The second-order valence-corrected chi connectivity index (χ2v) is 4.55. The Bertz CT molecular complexity index is 435. The summed E-state index contributed by atoms with van der Waals surface area (Å²) < 4.78 is 30.7. The zero-order valence-electron chi connectivity index (χ0n) is 10.8. The van der Waals surface area contributed by atoms with Gasteiger partial charge < -0.3 is 15.2 Å². The topological polar surface area (TPSA) is 44.7 Å². The van der Waals surface area contributed by atoms with Crippen molar-refractivity contribution in [2.75, 3.05) is 33.3 Å². The highest BCUT2D eigenvalue weighted by molar-refractivity contribution is 5.47. The van der Waals surface area contributed by atoms with Gasteiger partial charge in [-0.05, 0) is 12.1 Å². The number of rotatable bonds is 4. The number of phenols is 1. The van der Waals surface area contributed by atoms with Gasteiger partial charge in [0.05, 0.1) is 12.7 Å². The van der Waals surface area contributed by atoms with Crippen LogP contribution in [0.4, 0.5) is 8.78 Å². The summed E-state index contributed by atoms with van der Waals surface area (Å²) in [6.07, 6.45) is -2.71. The normalized spacial score (nSPS) is 16.8. The van der Waals surface area contributed by atoms with Gasteiger partial charge in [-0.25, -0.2) is 8.78 Å². The minimum Gasteiger partial charge on any atom is -0.507 e. The van der Waals surface area contributed by atoms with Crippen molar-refractivity contribution in [3.05, 3.63) is 23.3 Å². The third kappa shape index (κ3) is 3.33. The van der Waals surface area contributed by atoms with Crippen LogP contribution in [0.2, 0.25) is 0 Å². The van der Waals surface area contributed by atoms with Crippen LogP contribution in [0.25, 0.3) is 0 Å². The molecule has 1 saturated heterocycles. The Balaban J connectivity index is 2.24. The molecule has 1 aromatic carbocycles. The summed E-state index contributed by atoms with van der Waals surface area (Å²) in [5.74, 6) is 0.0209. The van der Waals surface area contributed by atoms with E-state index in [4.69, 9.17) is 4.74 Å². The molecule has 0 aliphatic carbocycles. The summed E-state index contributed by atoms with van der Waals surface area (Å²) in [4.78, 5) is 2.11. The van der Waals surface area contributed by atoms with E-state index < -0.39 is 6.43 Å². The van der Waals surface area contributed by atoms with Gasteiger partial charge in [-0.2, -0.15) is 0 Å². The van der Waals surface area contributed by atoms with Crippen molar-refractivity contribution in [1.29, 1.82) is 0 Å². The third-order valence-electron chi connectivity index (χ3n) is 3.27. The van der Waals surface area contributed by atoms with Crippen LogP contribution in [0, 0.1) is 0 Å². The lowest BCUT2D eigenvalue weighted by Crippen LogP contribution is -2.42. The molecule has 106 valence electrons. The molecule has 19 heavy (non-hydrogen) atoms. The minimum atomic E-state index is -2.71. The molecule has 0 bridgehead atoms. The van der Waals surface area contributed by atoms with Gasteiger partial charge in [-0.1, -0.05) is 0 Å². The Hall–Kier alpha value is -1.40. The standard InChI is InChI=1S/C13H18F2N2O2/c1-19-10-6-9(8-17-4-2-16-3-5-17)12(18)11(7-10)13(14)15/h6-7,13,16,18H,2-5,8H2,1H3. The summed E-state index contributed by atoms with van der Waals surface area (Å²) >= 11 is 0. The minimum absolute atomic E-state index is 0.325. The van der Waals surface area contributed by atoms with Crippen LogP contribution in [-0.2, 0) is 6.54 Å². The predicted molar refractivity (Wildman–Crippen MR) is 67.8 cm³/mol. The van der Waals surface area contributed by atoms with E-state index in [1.807, 2.05) is 0 Å². The fourth-order valence-electron chi connectivity index (χ4n) is 2.20. The van der Waals surface area contributed by atoms with E-state index in [0.717, 1.165) is 26.2 Å². The SMILES string of the molecule is COc1cc(CN2CCNCC2)c(O)c(C(F)F)c1. The summed E-state index contributed by atoms with van der Waals surface area (Å²) in [6.45, 7) is 3.85. The van der Waals surface area contributed by atoms with Crippen molar-refractivity contribution < 1.29 is 18.6 Å². The number of ether oxygens (including phenoxy) is 1. The number of methoxy groups -OCH3 is 1. The van der Waals surface area contributed by atoms with Gasteiger partial charge in [-0.15, -0.1) is 0 Å². The second-order valence-electron chi connectivity index (χ2n) is 4.55. The monoisotopic (exact) mass is 272 g/mol. The largest absolute Gasteiger partial charge is 0.507 e. The van der Waals surface area contributed by atoms with Gasteiger partial charge in [0, 0.05) is 38.3 Å². The first-order valence-corrected chi connectivity index (χ1v) is 6.23. The zero-order valence-corrected chi connectivity index (χ0v) is 10.8. The van der Waals surface area contributed by atoms with Gasteiger partial charge in [0.1, 0.15) is 11.5 Å². The number of alkyl halides is 2. The van der Waals surface area contributed by atoms with Crippen LogP contribution in [-0.4, -0.2) is 43.3 Å². The predicted octanol–water partition coefficient (Wildman–Crippen LogP) is 1.74. The third-order valence-corrected chi connectivity index (χ3v) is 3.27. The lowest BCUT2D eigenvalue weighted by molar-refractivity contribution is 0.146. The molecule has 2 N–H and O–H groups in total. The molecule has 4 nitrogen and oxygen atoms in total. The van der Waals surface area contributed by atoms with Crippen LogP contribution < -0.4 is 10.1 Å². The van der Waals surface area contributed by atoms with Crippen LogP contribution in [0.1, 0.15) is 17.6 Å². The number of aromatic hydroxyl groups is 1. The van der Waals surface area contributed by atoms with Crippen molar-refractivity contribution in [3.63, 3.8) is 0 Å². The first-order valence-electron chi connectivity index (χ1n) is 6.23. The number of nitrogens with zero attached hydrogens (tertiary/aromatic N) is 1. The first kappa shape index (κ1) is 14.0. The van der Waals surface area contributed by atoms with Gasteiger partial charge in [0.2, 0.25) is 0 Å². The molecule has 0 aromatic heterocycles. The molecule has 0 radical (unpaired) electrons. The molecule has 6 heteroatoms. The summed E-state index contributed by atoms with van der Waals surface area (Å²) in [5, 5.41) is 13.2. The molecule has 0 unspecified atom stereocenters. The Morgan fingerprint density at radius 2 is 2.05 bits per heavy atom. The van der Waals surface area contributed by atoms with E-state index in [1.165, 1.54) is 13.2 Å². The van der Waals surface area contributed by atoms with Crippen molar-refractivity contribution in [2.24, 2.45) is 0 Å². The fraction of sp³-hybridized carbons (Fsp3) is 0.538. The number of nitrogens with one attached hydrogen (secondary N) is 1. The van der Waals surface area contributed by atoms with Gasteiger partial charge >= 0.3 is 0 Å². The first-order chi connectivity index (χ1) is 9.11. The van der Waals surface area contributed by atoms with Gasteiger partial charge in [0.15, 0.2) is 0 Å². The second kappa shape index (κ2) is 6.16. The number of piperazine rings is 1. The zero-order chi connectivity index (χ0) is 13.8. The van der Waals surface area contributed by atoms with Crippen molar-refractivity contribution in [2.45, 2.75) is 13.0 Å². The lowest BCUT2D eigenvalue weighted by atomic mass is 10.1. The molecule has 1 aromatic rings. The average molecular weight is 272 g/mol. The van der Waals surface area contributed by atoms with E-state index in [-0.39, 0.29) is 11.3 Å². The van der Waals surface area contributed by atoms with E-state index in [0.29, 0.717) is 17.9 Å². The summed E-state index contributed by atoms with van der Waals surface area (Å²) in [5.41, 5.74) is 0.112. The molecule has 1 heterocycles. The quantitative estimate of drug-likeness (QED) is 0.876. The molecule has 0 saturated carbocycles. The summed E-state index contributed by atoms with van der Waals surface area (Å²) in [6, 6.07) is 2.80. The highest BCUT2D eigenvalue weighted by atomic mass is 19.3. The van der Waals surface area contributed by atoms with Crippen molar-refractivity contribution >= 4 is 0 Å². The smallest absolute Gasteiger partial charge is 0.267 e. The molecule has 0 spiro atoms. The van der Waals surface area contributed by atoms with Crippen LogP contribution in [0.15, 0.2) is 12.1 Å². The lowest BCUT2D eigenvalue weighted by Gasteiger charge is -2.27. The van der Waals surface area contributed by atoms with E-state index in [9.17, 15) is 13.9 Å². The van der Waals surface area contributed by atoms with Gasteiger partial charge in [-0.3, -0.25) is 4.90 Å². The van der Waals surface area contributed by atoms with Crippen molar-refractivity contribution in [1.82, 2.24) is 10.2 Å². The Kier molecular flexibility index (Phi) is 4.55. The van der Waals surface area contributed by atoms with Crippen molar-refractivity contribution in [3.8, 4) is 11.5 Å². The van der Waals surface area contributed by atoms with E-state index >= 15 is 0 Å². The Morgan fingerprint density at radius 1 is 1.37 bits per heavy atom. The van der Waals surface area contributed by atoms with Crippen LogP contribution in [0.3, 0.4) is 0 Å². The average Bonchev–Trinajstić information content (AvgIpc) is 2.42. The highest BCUT2D eigenvalue weighted by Gasteiger charge is 2.20. The Labute approximate surface area is 111 Å². The summed E-state index contributed by atoms with van der Waals surface area (Å²) in [7, 11) is 1.43.